The number of rotatable bonds is 4. The van der Waals surface area contributed by atoms with Gasteiger partial charge in [-0.15, -0.1) is 0 Å². The van der Waals surface area contributed by atoms with Gasteiger partial charge in [-0.2, -0.15) is 0 Å². The molecule has 1 amide bonds. The van der Waals surface area contributed by atoms with Crippen LogP contribution < -0.4 is 10.9 Å². The van der Waals surface area contributed by atoms with Gasteiger partial charge in [-0.1, -0.05) is 18.9 Å². The average Bonchev–Trinajstić information content (AvgIpc) is 3.20. The molecule has 2 N–H and O–H groups in total. The molecule has 3 aromatic rings. The lowest BCUT2D eigenvalue weighted by molar-refractivity contribution is 0.0950. The number of nitrogens with one attached hydrogen (secondary N) is 2. The smallest absolute Gasteiger partial charge is 0.262 e. The molecular formula is C20H20N4O2S. The molecule has 27 heavy (non-hydrogen) atoms. The number of hydrogen-bond donors (Lipinski definition) is 2. The van der Waals surface area contributed by atoms with Gasteiger partial charge in [0.15, 0.2) is 4.77 Å². The molecule has 0 atom stereocenters. The first-order chi connectivity index (χ1) is 13.1. The molecule has 0 bridgehead atoms. The van der Waals surface area contributed by atoms with Crippen molar-refractivity contribution in [2.45, 2.75) is 38.3 Å². The molecule has 1 saturated carbocycles. The van der Waals surface area contributed by atoms with E-state index in [1.54, 1.807) is 29.0 Å². The molecule has 6 nitrogen and oxygen atoms in total. The highest BCUT2D eigenvalue weighted by Crippen LogP contribution is 2.28. The van der Waals surface area contributed by atoms with Gasteiger partial charge in [0.25, 0.3) is 11.5 Å². The summed E-state index contributed by atoms with van der Waals surface area (Å²) >= 11 is 5.43. The van der Waals surface area contributed by atoms with E-state index in [1.807, 2.05) is 18.2 Å². The van der Waals surface area contributed by atoms with Crippen LogP contribution in [0.4, 0.5) is 0 Å². The molecule has 1 aliphatic carbocycles. The van der Waals surface area contributed by atoms with Crippen molar-refractivity contribution in [2.24, 2.45) is 0 Å². The number of aromatic nitrogens is 3. The Hall–Kier alpha value is -2.80. The van der Waals surface area contributed by atoms with E-state index in [2.05, 4.69) is 15.3 Å². The Bertz CT molecular complexity index is 1100. The number of benzene rings is 1. The Morgan fingerprint density at radius 3 is 2.81 bits per heavy atom. The number of H-pyrrole nitrogens is 1. The lowest BCUT2D eigenvalue weighted by Gasteiger charge is -2.14. The van der Waals surface area contributed by atoms with Crippen LogP contribution in [0.5, 0.6) is 0 Å². The maximum Gasteiger partial charge on any atom is 0.262 e. The molecule has 1 fully saturated rings. The van der Waals surface area contributed by atoms with Crippen LogP contribution in [0.3, 0.4) is 0 Å². The third-order valence-electron chi connectivity index (χ3n) is 5.04. The minimum atomic E-state index is -0.221. The summed E-state index contributed by atoms with van der Waals surface area (Å²) < 4.78 is 2.12. The molecule has 138 valence electrons. The quantitative estimate of drug-likeness (QED) is 0.679. The number of fused-ring (bicyclic) bond motifs is 1. The fourth-order valence-corrected chi connectivity index (χ4v) is 3.98. The fourth-order valence-electron chi connectivity index (χ4n) is 3.64. The van der Waals surface area contributed by atoms with E-state index < -0.39 is 0 Å². The van der Waals surface area contributed by atoms with Gasteiger partial charge in [-0.3, -0.25) is 19.1 Å². The van der Waals surface area contributed by atoms with Crippen LogP contribution >= 0.6 is 12.2 Å². The topological polar surface area (TPSA) is 79.8 Å². The summed E-state index contributed by atoms with van der Waals surface area (Å²) in [5, 5.41) is 3.39. The SMILES string of the molecule is O=C(NCc1ccccn1)c1ccc2c(=O)n(C3CCCC3)c(=S)[nH]c2c1. The van der Waals surface area contributed by atoms with Crippen molar-refractivity contribution in [3.63, 3.8) is 0 Å². The molecule has 7 heteroatoms. The van der Waals surface area contributed by atoms with Crippen molar-refractivity contribution < 1.29 is 4.79 Å². The molecular weight excluding hydrogens is 360 g/mol. The van der Waals surface area contributed by atoms with Crippen LogP contribution in [-0.4, -0.2) is 20.4 Å². The van der Waals surface area contributed by atoms with Crippen LogP contribution in [0.2, 0.25) is 0 Å². The molecule has 2 aromatic heterocycles. The molecule has 2 heterocycles. The van der Waals surface area contributed by atoms with Gasteiger partial charge in [0.2, 0.25) is 0 Å². The second-order valence-corrected chi connectivity index (χ2v) is 7.19. The van der Waals surface area contributed by atoms with E-state index in [4.69, 9.17) is 12.2 Å². The second kappa shape index (κ2) is 7.44. The Balaban J connectivity index is 1.62. The Morgan fingerprint density at radius 1 is 1.26 bits per heavy atom. The highest BCUT2D eigenvalue weighted by molar-refractivity contribution is 7.71. The van der Waals surface area contributed by atoms with Crippen molar-refractivity contribution in [1.29, 1.82) is 0 Å². The van der Waals surface area contributed by atoms with Gasteiger partial charge >= 0.3 is 0 Å². The van der Waals surface area contributed by atoms with Crippen molar-refractivity contribution >= 4 is 29.0 Å². The predicted molar refractivity (Wildman–Crippen MR) is 106 cm³/mol. The molecule has 0 aliphatic heterocycles. The minimum Gasteiger partial charge on any atom is -0.346 e. The average molecular weight is 380 g/mol. The summed E-state index contributed by atoms with van der Waals surface area (Å²) in [5.74, 6) is -0.221. The number of nitrogens with zero attached hydrogens (tertiary/aromatic N) is 2. The predicted octanol–water partition coefficient (Wildman–Crippen LogP) is 3.50. The number of amides is 1. The van der Waals surface area contributed by atoms with E-state index >= 15 is 0 Å². The zero-order chi connectivity index (χ0) is 18.8. The number of carbonyl (C=O) groups excluding carboxylic acids is 1. The summed E-state index contributed by atoms with van der Waals surface area (Å²) in [6.07, 6.45) is 5.90. The van der Waals surface area contributed by atoms with E-state index in [1.165, 1.54) is 0 Å². The molecule has 1 aromatic carbocycles. The second-order valence-electron chi connectivity index (χ2n) is 6.81. The molecule has 1 aliphatic rings. The minimum absolute atomic E-state index is 0.0823. The number of aromatic amines is 1. The van der Waals surface area contributed by atoms with Gasteiger partial charge in [0.1, 0.15) is 0 Å². The van der Waals surface area contributed by atoms with Crippen LogP contribution in [0.25, 0.3) is 10.9 Å². The maximum atomic E-state index is 12.9. The van der Waals surface area contributed by atoms with Gasteiger partial charge in [-0.25, -0.2) is 0 Å². The van der Waals surface area contributed by atoms with Gasteiger partial charge < -0.3 is 10.3 Å². The van der Waals surface area contributed by atoms with Crippen molar-refractivity contribution in [3.05, 3.63) is 69.0 Å². The lowest BCUT2D eigenvalue weighted by Crippen LogP contribution is -2.26. The monoisotopic (exact) mass is 380 g/mol. The van der Waals surface area contributed by atoms with E-state index in [0.717, 1.165) is 31.4 Å². The van der Waals surface area contributed by atoms with Crippen molar-refractivity contribution in [1.82, 2.24) is 19.9 Å². The molecule has 0 spiro atoms. The van der Waals surface area contributed by atoms with E-state index in [0.29, 0.717) is 27.8 Å². The standard InChI is InChI=1S/C20H20N4O2S/c25-18(22-12-14-5-3-4-10-21-14)13-8-9-16-17(11-13)23-20(27)24(19(16)26)15-6-1-2-7-15/h3-5,8-11,15H,1-2,6-7,12H2,(H,22,25)(H,23,27). The van der Waals surface area contributed by atoms with E-state index in [9.17, 15) is 9.59 Å². The fraction of sp³-hybridized carbons (Fsp3) is 0.300. The molecule has 0 saturated heterocycles. The highest BCUT2D eigenvalue weighted by atomic mass is 32.1. The number of carbonyl (C=O) groups is 1. The molecule has 0 radical (unpaired) electrons. The van der Waals surface area contributed by atoms with Gasteiger partial charge in [-0.05, 0) is 55.4 Å². The third-order valence-corrected chi connectivity index (χ3v) is 5.34. The zero-order valence-corrected chi connectivity index (χ0v) is 15.6. The lowest BCUT2D eigenvalue weighted by atomic mass is 10.1. The van der Waals surface area contributed by atoms with Gasteiger partial charge in [0, 0.05) is 17.8 Å². The summed E-state index contributed by atoms with van der Waals surface area (Å²) in [4.78, 5) is 32.7. The van der Waals surface area contributed by atoms with Crippen LogP contribution in [0, 0.1) is 4.77 Å². The van der Waals surface area contributed by atoms with Gasteiger partial charge in [0.05, 0.1) is 23.1 Å². The summed E-state index contributed by atoms with van der Waals surface area (Å²) in [6.45, 7) is 0.344. The van der Waals surface area contributed by atoms with Crippen LogP contribution in [-0.2, 0) is 6.54 Å². The van der Waals surface area contributed by atoms with Crippen LogP contribution in [0.15, 0.2) is 47.4 Å². The number of pyridine rings is 1. The summed E-state index contributed by atoms with van der Waals surface area (Å²) in [7, 11) is 0. The van der Waals surface area contributed by atoms with Crippen molar-refractivity contribution in [3.8, 4) is 0 Å². The maximum absolute atomic E-state index is 12.9. The van der Waals surface area contributed by atoms with Crippen molar-refractivity contribution in [2.75, 3.05) is 0 Å². The number of hydrogen-bond acceptors (Lipinski definition) is 4. The summed E-state index contributed by atoms with van der Waals surface area (Å²) in [5.41, 5.74) is 1.76. The normalized spacial score (nSPS) is 14.5. The Kier molecular flexibility index (Phi) is 4.85. The third kappa shape index (κ3) is 3.55. The first kappa shape index (κ1) is 17.6. The molecule has 0 unspecified atom stereocenters. The first-order valence-electron chi connectivity index (χ1n) is 9.10. The van der Waals surface area contributed by atoms with E-state index in [-0.39, 0.29) is 17.5 Å². The highest BCUT2D eigenvalue weighted by Gasteiger charge is 2.20. The van der Waals surface area contributed by atoms with Crippen LogP contribution in [0.1, 0.15) is 47.8 Å². The first-order valence-corrected chi connectivity index (χ1v) is 9.51. The zero-order valence-electron chi connectivity index (χ0n) is 14.8. The Morgan fingerprint density at radius 2 is 2.07 bits per heavy atom. The summed E-state index contributed by atoms with van der Waals surface area (Å²) in [6, 6.07) is 10.8. The largest absolute Gasteiger partial charge is 0.346 e. The Labute approximate surface area is 161 Å². The molecule has 4 rings (SSSR count).